The molecule has 12 atom stereocenters. The lowest BCUT2D eigenvalue weighted by Gasteiger charge is -2.46. The molecule has 2 aliphatic rings. The Morgan fingerprint density at radius 2 is 0.971 bits per heavy atom. The van der Waals surface area contributed by atoms with Gasteiger partial charge in [0, 0.05) is 6.42 Å². The second-order valence-corrected chi connectivity index (χ2v) is 19.4. The van der Waals surface area contributed by atoms with E-state index >= 15 is 0 Å². The molecule has 2 saturated heterocycles. The van der Waals surface area contributed by atoms with Gasteiger partial charge in [-0.25, -0.2) is 0 Å². The van der Waals surface area contributed by atoms with Crippen LogP contribution in [0.25, 0.3) is 0 Å². The lowest BCUT2D eigenvalue weighted by atomic mass is 9.97. The lowest BCUT2D eigenvalue weighted by molar-refractivity contribution is -0.359. The van der Waals surface area contributed by atoms with Crippen LogP contribution >= 0.6 is 0 Å². The third-order valence-electron chi connectivity index (χ3n) is 13.4. The zero-order valence-corrected chi connectivity index (χ0v) is 42.3. The third-order valence-corrected chi connectivity index (χ3v) is 13.4. The van der Waals surface area contributed by atoms with Gasteiger partial charge >= 0.3 is 0 Å². The average Bonchev–Trinajstić information content (AvgIpc) is 3.34. The number of nitrogens with one attached hydrogen (secondary N) is 1. The minimum atomic E-state index is -1.79. The monoisotopic (exact) mass is 970 g/mol. The van der Waals surface area contributed by atoms with Gasteiger partial charge < -0.3 is 65.1 Å². The van der Waals surface area contributed by atoms with Crippen LogP contribution in [0.3, 0.4) is 0 Å². The fraction of sp³-hybridized carbons (Fsp3) is 0.870. The molecule has 0 radical (unpaired) electrons. The summed E-state index contributed by atoms with van der Waals surface area (Å²) in [5.41, 5.74) is 0. The van der Waals surface area contributed by atoms with Gasteiger partial charge in [-0.15, -0.1) is 0 Å². The van der Waals surface area contributed by atoms with Crippen molar-refractivity contribution in [2.75, 3.05) is 19.8 Å². The van der Waals surface area contributed by atoms with Crippen molar-refractivity contribution >= 4 is 5.91 Å². The number of aliphatic hydroxyl groups excluding tert-OH is 8. The zero-order chi connectivity index (χ0) is 49.6. The average molecular weight is 970 g/mol. The number of aliphatic hydroxyl groups is 8. The highest BCUT2D eigenvalue weighted by Crippen LogP contribution is 2.30. The van der Waals surface area contributed by atoms with Gasteiger partial charge in [0.25, 0.3) is 0 Å². The van der Waals surface area contributed by atoms with E-state index in [1.807, 2.05) is 19.1 Å². The van der Waals surface area contributed by atoms with E-state index in [0.29, 0.717) is 12.8 Å². The Morgan fingerprint density at radius 1 is 0.544 bits per heavy atom. The van der Waals surface area contributed by atoms with Crippen LogP contribution in [-0.4, -0.2) is 140 Å². The molecule has 1 amide bonds. The largest absolute Gasteiger partial charge is 0.394 e. The number of rotatable bonds is 42. The Bertz CT molecular complexity index is 1280. The fourth-order valence-corrected chi connectivity index (χ4v) is 8.98. The van der Waals surface area contributed by atoms with Crippen molar-refractivity contribution in [1.29, 1.82) is 0 Å². The van der Waals surface area contributed by atoms with E-state index in [4.69, 9.17) is 18.9 Å². The fourth-order valence-electron chi connectivity index (χ4n) is 8.98. The molecule has 0 aromatic heterocycles. The van der Waals surface area contributed by atoms with Crippen LogP contribution in [0.5, 0.6) is 0 Å². The number of unbranched alkanes of at least 4 members (excludes halogenated alkanes) is 26. The van der Waals surface area contributed by atoms with Gasteiger partial charge in [-0.1, -0.05) is 197 Å². The van der Waals surface area contributed by atoms with Gasteiger partial charge in [-0.2, -0.15) is 0 Å². The lowest BCUT2D eigenvalue weighted by Crippen LogP contribution is -2.65. The summed E-state index contributed by atoms with van der Waals surface area (Å²) in [5.74, 6) is -0.254. The number of amides is 1. The summed E-state index contributed by atoms with van der Waals surface area (Å²) in [7, 11) is 0. The maximum atomic E-state index is 13.2. The van der Waals surface area contributed by atoms with E-state index in [-0.39, 0.29) is 18.9 Å². The molecular weight excluding hydrogens is 871 g/mol. The van der Waals surface area contributed by atoms with E-state index in [1.165, 1.54) is 135 Å². The molecule has 2 aliphatic heterocycles. The first-order valence-electron chi connectivity index (χ1n) is 27.2. The Hall–Kier alpha value is -1.79. The second-order valence-electron chi connectivity index (χ2n) is 19.4. The van der Waals surface area contributed by atoms with Gasteiger partial charge in [0.15, 0.2) is 12.6 Å². The molecule has 14 nitrogen and oxygen atoms in total. The predicted molar refractivity (Wildman–Crippen MR) is 268 cm³/mol. The van der Waals surface area contributed by atoms with Crippen molar-refractivity contribution < 1.29 is 64.6 Å². The van der Waals surface area contributed by atoms with Crippen molar-refractivity contribution in [3.63, 3.8) is 0 Å². The predicted octanol–water partition coefficient (Wildman–Crippen LogP) is 7.88. The van der Waals surface area contributed by atoms with Crippen LogP contribution < -0.4 is 5.32 Å². The first-order valence-corrected chi connectivity index (χ1v) is 27.2. The molecule has 0 saturated carbocycles. The van der Waals surface area contributed by atoms with E-state index in [2.05, 4.69) is 30.5 Å². The SMILES string of the molecule is C/C=C/CC/C=C/CC/C=C/C(O)C(COC1OC(CO)C(OC2OC(CO)C(O)C(O)C2O)C(O)C1O)NC(=O)CCCCCCCCCCCCCCCCCCCCCCCCCCC. The Balaban J connectivity index is 1.70. The van der Waals surface area contributed by atoms with Gasteiger partial charge in [0.05, 0.1) is 32.0 Å². The smallest absolute Gasteiger partial charge is 0.220 e. The van der Waals surface area contributed by atoms with Crippen LogP contribution in [-0.2, 0) is 23.7 Å². The first kappa shape index (κ1) is 62.3. The van der Waals surface area contributed by atoms with E-state index in [0.717, 1.165) is 38.5 Å². The number of hydrogen-bond acceptors (Lipinski definition) is 13. The van der Waals surface area contributed by atoms with E-state index in [9.17, 15) is 45.6 Å². The Labute approximate surface area is 411 Å². The minimum absolute atomic E-state index is 0.254. The van der Waals surface area contributed by atoms with Crippen molar-refractivity contribution in [2.24, 2.45) is 0 Å². The molecule has 0 bridgehead atoms. The molecule has 398 valence electrons. The minimum Gasteiger partial charge on any atom is -0.394 e. The summed E-state index contributed by atoms with van der Waals surface area (Å²) >= 11 is 0. The maximum absolute atomic E-state index is 13.2. The third kappa shape index (κ3) is 27.1. The number of carbonyl (C=O) groups excluding carboxylic acids is 1. The topological polar surface area (TPSA) is 228 Å². The first-order chi connectivity index (χ1) is 33.1. The molecule has 0 spiro atoms. The molecule has 14 heteroatoms. The summed E-state index contributed by atoms with van der Waals surface area (Å²) in [5, 5.41) is 86.6. The number of hydrogen-bond donors (Lipinski definition) is 9. The number of allylic oxidation sites excluding steroid dienone is 5. The van der Waals surface area contributed by atoms with Crippen LogP contribution in [0.2, 0.25) is 0 Å². The van der Waals surface area contributed by atoms with Crippen LogP contribution in [0, 0.1) is 0 Å². The molecule has 12 unspecified atom stereocenters. The van der Waals surface area contributed by atoms with Gasteiger partial charge in [-0.05, 0) is 39.0 Å². The molecular formula is C54H99NO13. The number of ether oxygens (including phenoxy) is 4. The van der Waals surface area contributed by atoms with Crippen molar-refractivity contribution in [3.05, 3.63) is 36.5 Å². The van der Waals surface area contributed by atoms with E-state index in [1.54, 1.807) is 6.08 Å². The summed E-state index contributed by atoms with van der Waals surface area (Å²) in [6, 6.07) is -0.932. The van der Waals surface area contributed by atoms with Crippen molar-refractivity contribution in [3.8, 4) is 0 Å². The summed E-state index contributed by atoms with van der Waals surface area (Å²) < 4.78 is 22.6. The van der Waals surface area contributed by atoms with Gasteiger partial charge in [0.1, 0.15) is 48.8 Å². The molecule has 2 fully saturated rings. The quantitative estimate of drug-likeness (QED) is 0.0210. The number of carbonyl (C=O) groups is 1. The van der Waals surface area contributed by atoms with Crippen molar-refractivity contribution in [2.45, 2.75) is 280 Å². The summed E-state index contributed by atoms with van der Waals surface area (Å²) in [6.07, 6.45) is 31.0. The standard InChI is InChI=1S/C54H99NO13/c1-3-5-7-9-11-13-14-15-16-17-18-19-20-21-22-23-24-25-26-27-28-30-32-34-36-38-46(59)55-42(43(58)37-35-33-31-29-12-10-8-6-4-2)41-65-53-51(64)49(62)52(45(40-57)67-53)68-54-50(63)48(61)47(60)44(39-56)66-54/h4,6,12,29,35,37,42-45,47-54,56-58,60-64H,3,5,7-11,13-28,30-34,36,38-41H2,1-2H3,(H,55,59)/b6-4+,29-12+,37-35+. The molecule has 2 heterocycles. The highest BCUT2D eigenvalue weighted by Gasteiger charge is 2.51. The van der Waals surface area contributed by atoms with Gasteiger partial charge in [-0.3, -0.25) is 4.79 Å². The Morgan fingerprint density at radius 3 is 1.44 bits per heavy atom. The molecule has 0 aromatic rings. The van der Waals surface area contributed by atoms with Crippen LogP contribution in [0.15, 0.2) is 36.5 Å². The normalized spacial score (nSPS) is 26.6. The molecule has 2 rings (SSSR count). The summed E-state index contributed by atoms with van der Waals surface area (Å²) in [6.45, 7) is 2.53. The maximum Gasteiger partial charge on any atom is 0.220 e. The highest BCUT2D eigenvalue weighted by atomic mass is 16.7. The molecule has 68 heavy (non-hydrogen) atoms. The molecule has 9 N–H and O–H groups in total. The zero-order valence-electron chi connectivity index (χ0n) is 42.3. The van der Waals surface area contributed by atoms with E-state index < -0.39 is 86.8 Å². The molecule has 0 aromatic carbocycles. The molecule has 0 aliphatic carbocycles. The van der Waals surface area contributed by atoms with Gasteiger partial charge in [0.2, 0.25) is 5.91 Å². The second kappa shape index (κ2) is 40.8. The van der Waals surface area contributed by atoms with Crippen LogP contribution in [0.1, 0.15) is 206 Å². The van der Waals surface area contributed by atoms with Crippen LogP contribution in [0.4, 0.5) is 0 Å². The Kier molecular flexibility index (Phi) is 37.4. The summed E-state index contributed by atoms with van der Waals surface area (Å²) in [4.78, 5) is 13.2. The highest BCUT2D eigenvalue weighted by molar-refractivity contribution is 5.76. The van der Waals surface area contributed by atoms with Crippen molar-refractivity contribution in [1.82, 2.24) is 5.32 Å².